The Morgan fingerprint density at radius 3 is 2.61 bits per heavy atom. The molecule has 0 amide bonds. The van der Waals surface area contributed by atoms with Gasteiger partial charge in [-0.1, -0.05) is 19.9 Å². The van der Waals surface area contributed by atoms with E-state index in [1.807, 2.05) is 0 Å². The SMILES string of the molecule is CCC(C)N(CC)Cc1ccc(F)cc1C(=N)N. The second-order valence-corrected chi connectivity index (χ2v) is 4.54. The molecule has 1 atom stereocenters. The summed E-state index contributed by atoms with van der Waals surface area (Å²) in [4.78, 5) is 2.29. The van der Waals surface area contributed by atoms with Crippen LogP contribution in [0, 0.1) is 11.2 Å². The van der Waals surface area contributed by atoms with Gasteiger partial charge in [-0.05, 0) is 37.6 Å². The van der Waals surface area contributed by atoms with Crippen LogP contribution in [0.2, 0.25) is 0 Å². The van der Waals surface area contributed by atoms with Crippen LogP contribution in [-0.4, -0.2) is 23.3 Å². The third-order valence-corrected chi connectivity index (χ3v) is 3.36. The summed E-state index contributed by atoms with van der Waals surface area (Å²) in [6, 6.07) is 4.94. The number of rotatable bonds is 6. The molecule has 1 rings (SSSR count). The molecular formula is C14H22FN3. The Bertz CT molecular complexity index is 418. The number of hydrogen-bond acceptors (Lipinski definition) is 2. The monoisotopic (exact) mass is 251 g/mol. The van der Waals surface area contributed by atoms with Gasteiger partial charge in [0, 0.05) is 18.2 Å². The van der Waals surface area contributed by atoms with Crippen LogP contribution in [0.25, 0.3) is 0 Å². The van der Waals surface area contributed by atoms with Gasteiger partial charge in [0.1, 0.15) is 11.7 Å². The van der Waals surface area contributed by atoms with Crippen molar-refractivity contribution in [2.45, 2.75) is 39.8 Å². The van der Waals surface area contributed by atoms with E-state index in [0.717, 1.165) is 18.5 Å². The lowest BCUT2D eigenvalue weighted by molar-refractivity contribution is 0.206. The number of nitrogens with one attached hydrogen (secondary N) is 1. The molecule has 0 spiro atoms. The van der Waals surface area contributed by atoms with Crippen LogP contribution < -0.4 is 5.73 Å². The zero-order chi connectivity index (χ0) is 13.7. The van der Waals surface area contributed by atoms with E-state index in [-0.39, 0.29) is 11.7 Å². The molecule has 0 aliphatic carbocycles. The molecule has 0 fully saturated rings. The highest BCUT2D eigenvalue weighted by Crippen LogP contribution is 2.16. The normalized spacial score (nSPS) is 12.7. The first-order valence-corrected chi connectivity index (χ1v) is 6.36. The summed E-state index contributed by atoms with van der Waals surface area (Å²) in [6.07, 6.45) is 1.06. The van der Waals surface area contributed by atoms with E-state index in [9.17, 15) is 4.39 Å². The summed E-state index contributed by atoms with van der Waals surface area (Å²) in [5.74, 6) is -0.430. The molecule has 0 saturated heterocycles. The molecule has 100 valence electrons. The predicted octanol–water partition coefficient (Wildman–Crippen LogP) is 2.73. The molecule has 1 unspecified atom stereocenters. The summed E-state index contributed by atoms with van der Waals surface area (Å²) in [5, 5.41) is 7.52. The first-order chi connectivity index (χ1) is 8.49. The topological polar surface area (TPSA) is 53.1 Å². The van der Waals surface area contributed by atoms with Gasteiger partial charge in [0.2, 0.25) is 0 Å². The van der Waals surface area contributed by atoms with Gasteiger partial charge < -0.3 is 5.73 Å². The van der Waals surface area contributed by atoms with Crippen molar-refractivity contribution in [2.75, 3.05) is 6.54 Å². The zero-order valence-corrected chi connectivity index (χ0v) is 11.3. The minimum Gasteiger partial charge on any atom is -0.384 e. The molecule has 0 bridgehead atoms. The van der Waals surface area contributed by atoms with E-state index in [1.54, 1.807) is 6.07 Å². The average molecular weight is 251 g/mol. The second-order valence-electron chi connectivity index (χ2n) is 4.54. The summed E-state index contributed by atoms with van der Waals surface area (Å²) >= 11 is 0. The highest BCUT2D eigenvalue weighted by Gasteiger charge is 2.14. The van der Waals surface area contributed by atoms with Crippen LogP contribution in [0.5, 0.6) is 0 Å². The lowest BCUT2D eigenvalue weighted by atomic mass is 10.0. The molecule has 1 aromatic rings. The summed E-state index contributed by atoms with van der Waals surface area (Å²) in [7, 11) is 0. The maximum absolute atomic E-state index is 13.2. The Labute approximate surface area is 108 Å². The Hall–Kier alpha value is -1.42. The first kappa shape index (κ1) is 14.6. The van der Waals surface area contributed by atoms with Crippen molar-refractivity contribution in [2.24, 2.45) is 5.73 Å². The minimum absolute atomic E-state index is 0.0790. The fraction of sp³-hybridized carbons (Fsp3) is 0.500. The quantitative estimate of drug-likeness (QED) is 0.603. The molecule has 0 aliphatic heterocycles. The van der Waals surface area contributed by atoms with Crippen LogP contribution >= 0.6 is 0 Å². The van der Waals surface area contributed by atoms with Crippen LogP contribution in [0.4, 0.5) is 4.39 Å². The van der Waals surface area contributed by atoms with Crippen molar-refractivity contribution in [1.29, 1.82) is 5.41 Å². The highest BCUT2D eigenvalue weighted by molar-refractivity contribution is 5.96. The Kier molecular flexibility index (Phi) is 5.28. The molecule has 1 aromatic carbocycles. The van der Waals surface area contributed by atoms with Gasteiger partial charge in [0.05, 0.1) is 0 Å². The molecule has 3 nitrogen and oxygen atoms in total. The van der Waals surface area contributed by atoms with Crippen molar-refractivity contribution >= 4 is 5.84 Å². The number of nitrogen functional groups attached to an aromatic ring is 1. The minimum atomic E-state index is -0.351. The summed E-state index contributed by atoms with van der Waals surface area (Å²) in [6.45, 7) is 8.03. The van der Waals surface area contributed by atoms with E-state index in [1.165, 1.54) is 12.1 Å². The molecule has 3 N–H and O–H groups in total. The molecule has 18 heavy (non-hydrogen) atoms. The Balaban J connectivity index is 2.99. The fourth-order valence-electron chi connectivity index (χ4n) is 1.99. The van der Waals surface area contributed by atoms with Gasteiger partial charge in [0.15, 0.2) is 0 Å². The Morgan fingerprint density at radius 2 is 2.11 bits per heavy atom. The maximum Gasteiger partial charge on any atom is 0.123 e. The van der Waals surface area contributed by atoms with Crippen molar-refractivity contribution in [3.8, 4) is 0 Å². The van der Waals surface area contributed by atoms with Gasteiger partial charge in [-0.2, -0.15) is 0 Å². The standard InChI is InChI=1S/C14H22FN3/c1-4-10(3)18(5-2)9-11-6-7-12(15)8-13(11)14(16)17/h6-8,10H,4-5,9H2,1-3H3,(H3,16,17). The van der Waals surface area contributed by atoms with E-state index < -0.39 is 0 Å². The van der Waals surface area contributed by atoms with Crippen LogP contribution in [0.15, 0.2) is 18.2 Å². The number of nitrogens with two attached hydrogens (primary N) is 1. The van der Waals surface area contributed by atoms with Crippen molar-refractivity contribution in [3.05, 3.63) is 35.1 Å². The van der Waals surface area contributed by atoms with Gasteiger partial charge in [-0.3, -0.25) is 10.3 Å². The summed E-state index contributed by atoms with van der Waals surface area (Å²) < 4.78 is 13.2. The van der Waals surface area contributed by atoms with Gasteiger partial charge in [-0.15, -0.1) is 0 Å². The number of hydrogen-bond donors (Lipinski definition) is 2. The van der Waals surface area contributed by atoms with Crippen LogP contribution in [0.3, 0.4) is 0 Å². The molecule has 0 aliphatic rings. The smallest absolute Gasteiger partial charge is 0.123 e. The number of benzene rings is 1. The van der Waals surface area contributed by atoms with Crippen LogP contribution in [0.1, 0.15) is 38.3 Å². The molecular weight excluding hydrogens is 229 g/mol. The largest absolute Gasteiger partial charge is 0.384 e. The first-order valence-electron chi connectivity index (χ1n) is 6.36. The van der Waals surface area contributed by atoms with Crippen molar-refractivity contribution in [1.82, 2.24) is 4.90 Å². The van der Waals surface area contributed by atoms with E-state index in [4.69, 9.17) is 11.1 Å². The number of nitrogens with zero attached hydrogens (tertiary/aromatic N) is 1. The second kappa shape index (κ2) is 6.50. The van der Waals surface area contributed by atoms with Gasteiger partial charge in [-0.25, -0.2) is 4.39 Å². The fourth-order valence-corrected chi connectivity index (χ4v) is 1.99. The molecule has 0 radical (unpaired) electrons. The lowest BCUT2D eigenvalue weighted by Gasteiger charge is -2.27. The zero-order valence-electron chi connectivity index (χ0n) is 11.3. The molecule has 0 aromatic heterocycles. The molecule has 0 saturated carbocycles. The third kappa shape index (κ3) is 3.53. The van der Waals surface area contributed by atoms with Crippen molar-refractivity contribution < 1.29 is 4.39 Å². The van der Waals surface area contributed by atoms with Gasteiger partial charge in [0.25, 0.3) is 0 Å². The van der Waals surface area contributed by atoms with E-state index in [0.29, 0.717) is 18.2 Å². The predicted molar refractivity (Wildman–Crippen MR) is 73.3 cm³/mol. The van der Waals surface area contributed by atoms with Gasteiger partial charge >= 0.3 is 0 Å². The highest BCUT2D eigenvalue weighted by atomic mass is 19.1. The summed E-state index contributed by atoms with van der Waals surface area (Å²) in [5.41, 5.74) is 6.91. The maximum atomic E-state index is 13.2. The number of amidine groups is 1. The van der Waals surface area contributed by atoms with Crippen molar-refractivity contribution in [3.63, 3.8) is 0 Å². The molecule has 0 heterocycles. The average Bonchev–Trinajstić information content (AvgIpc) is 2.36. The Morgan fingerprint density at radius 1 is 1.44 bits per heavy atom. The van der Waals surface area contributed by atoms with E-state index in [2.05, 4.69) is 25.7 Å². The molecule has 4 heteroatoms. The lowest BCUT2D eigenvalue weighted by Crippen LogP contribution is -2.32. The van der Waals surface area contributed by atoms with E-state index >= 15 is 0 Å². The third-order valence-electron chi connectivity index (χ3n) is 3.36. The number of halogens is 1. The van der Waals surface area contributed by atoms with Crippen LogP contribution in [-0.2, 0) is 6.54 Å².